The van der Waals surface area contributed by atoms with Crippen LogP contribution in [0.1, 0.15) is 10.5 Å². The van der Waals surface area contributed by atoms with Crippen LogP contribution in [0.15, 0.2) is 33.3 Å². The number of amides is 1. The Kier molecular flexibility index (Phi) is 3.16. The van der Waals surface area contributed by atoms with Crippen molar-refractivity contribution in [3.63, 3.8) is 0 Å². The van der Waals surface area contributed by atoms with E-state index in [-0.39, 0.29) is 5.91 Å². The molecule has 1 aliphatic heterocycles. The molecule has 2 aromatic rings. The number of aromatic nitrogens is 1. The van der Waals surface area contributed by atoms with Gasteiger partial charge in [-0.3, -0.25) is 15.1 Å². The Hall–Kier alpha value is -1.60. The molecular formula is C11H9N3O2S2. The van der Waals surface area contributed by atoms with Crippen LogP contribution in [-0.4, -0.2) is 28.4 Å². The molecule has 0 atom stereocenters. The molecule has 1 amide bonds. The first kappa shape index (κ1) is 11.5. The van der Waals surface area contributed by atoms with E-state index >= 15 is 0 Å². The van der Waals surface area contributed by atoms with Crippen molar-refractivity contribution in [3.8, 4) is 10.6 Å². The summed E-state index contributed by atoms with van der Waals surface area (Å²) in [6.07, 6.45) is 1.29. The SMILES string of the molecule is O=C(NC1=NCCS1)c1ncoc1-c1cccs1. The number of aliphatic imine (C=N–C) groups is 1. The van der Waals surface area contributed by atoms with Gasteiger partial charge in [0.25, 0.3) is 5.91 Å². The van der Waals surface area contributed by atoms with Gasteiger partial charge in [0.05, 0.1) is 11.4 Å². The predicted octanol–water partition coefficient (Wildman–Crippen LogP) is 2.24. The molecule has 0 spiro atoms. The molecule has 1 aliphatic rings. The quantitative estimate of drug-likeness (QED) is 0.915. The average molecular weight is 279 g/mol. The van der Waals surface area contributed by atoms with Crippen LogP contribution in [0.3, 0.4) is 0 Å². The van der Waals surface area contributed by atoms with Gasteiger partial charge in [-0.25, -0.2) is 4.98 Å². The lowest BCUT2D eigenvalue weighted by Crippen LogP contribution is -2.28. The molecule has 0 aliphatic carbocycles. The van der Waals surface area contributed by atoms with E-state index in [1.807, 2.05) is 17.5 Å². The molecular weight excluding hydrogens is 270 g/mol. The van der Waals surface area contributed by atoms with Gasteiger partial charge in [-0.05, 0) is 11.4 Å². The van der Waals surface area contributed by atoms with E-state index in [0.717, 1.165) is 17.2 Å². The van der Waals surface area contributed by atoms with Crippen LogP contribution in [0.5, 0.6) is 0 Å². The zero-order chi connectivity index (χ0) is 12.4. The van der Waals surface area contributed by atoms with Crippen molar-refractivity contribution in [1.82, 2.24) is 10.3 Å². The largest absolute Gasteiger partial charge is 0.442 e. The Balaban J connectivity index is 1.84. The van der Waals surface area contributed by atoms with Gasteiger partial charge in [0, 0.05) is 5.75 Å². The number of amidine groups is 1. The highest BCUT2D eigenvalue weighted by Gasteiger charge is 2.21. The summed E-state index contributed by atoms with van der Waals surface area (Å²) in [5.74, 6) is 1.14. The van der Waals surface area contributed by atoms with Crippen molar-refractivity contribution in [2.75, 3.05) is 12.3 Å². The molecule has 0 saturated heterocycles. The Morgan fingerprint density at radius 3 is 3.17 bits per heavy atom. The number of hydrogen-bond donors (Lipinski definition) is 1. The Morgan fingerprint density at radius 2 is 2.44 bits per heavy atom. The molecule has 0 bridgehead atoms. The molecule has 2 aromatic heterocycles. The summed E-state index contributed by atoms with van der Waals surface area (Å²) >= 11 is 3.04. The lowest BCUT2D eigenvalue weighted by atomic mass is 10.3. The Labute approximate surface area is 111 Å². The van der Waals surface area contributed by atoms with Crippen LogP contribution < -0.4 is 5.32 Å². The highest BCUT2D eigenvalue weighted by atomic mass is 32.2. The van der Waals surface area contributed by atoms with Crippen molar-refractivity contribution in [2.24, 2.45) is 4.99 Å². The first-order chi connectivity index (χ1) is 8.84. The standard InChI is InChI=1S/C11H9N3O2S2/c15-10(14-11-12-3-5-18-11)8-9(16-6-13-8)7-2-1-4-17-7/h1-2,4,6H,3,5H2,(H,12,14,15). The minimum atomic E-state index is -0.277. The normalized spacial score (nSPS) is 14.6. The first-order valence-electron chi connectivity index (χ1n) is 5.30. The zero-order valence-electron chi connectivity index (χ0n) is 9.25. The second kappa shape index (κ2) is 4.95. The van der Waals surface area contributed by atoms with E-state index in [0.29, 0.717) is 16.6 Å². The minimum absolute atomic E-state index is 0.277. The average Bonchev–Trinajstić information content (AvgIpc) is 3.11. The minimum Gasteiger partial charge on any atom is -0.442 e. The number of nitrogens with one attached hydrogen (secondary N) is 1. The first-order valence-corrected chi connectivity index (χ1v) is 7.17. The number of carbonyl (C=O) groups excluding carboxylic acids is 1. The van der Waals surface area contributed by atoms with Crippen LogP contribution in [0, 0.1) is 0 Å². The van der Waals surface area contributed by atoms with Gasteiger partial charge in [0.2, 0.25) is 0 Å². The summed E-state index contributed by atoms with van der Waals surface area (Å²) in [4.78, 5) is 21.1. The maximum absolute atomic E-state index is 12.1. The molecule has 0 aromatic carbocycles. The third kappa shape index (κ3) is 2.19. The molecule has 3 heterocycles. The number of thioether (sulfide) groups is 1. The molecule has 0 unspecified atom stereocenters. The molecule has 0 fully saturated rings. The van der Waals surface area contributed by atoms with E-state index in [9.17, 15) is 4.79 Å². The van der Waals surface area contributed by atoms with E-state index < -0.39 is 0 Å². The van der Waals surface area contributed by atoms with Gasteiger partial charge < -0.3 is 4.42 Å². The van der Waals surface area contributed by atoms with Crippen LogP contribution in [0.4, 0.5) is 0 Å². The lowest BCUT2D eigenvalue weighted by Gasteiger charge is -2.01. The fourth-order valence-corrected chi connectivity index (χ4v) is 2.99. The maximum atomic E-state index is 12.1. The predicted molar refractivity (Wildman–Crippen MR) is 72.0 cm³/mol. The number of rotatable bonds is 2. The van der Waals surface area contributed by atoms with Crippen molar-refractivity contribution in [3.05, 3.63) is 29.6 Å². The number of thiophene rings is 1. The molecule has 92 valence electrons. The molecule has 3 rings (SSSR count). The van der Waals surface area contributed by atoms with E-state index in [1.54, 1.807) is 0 Å². The maximum Gasteiger partial charge on any atom is 0.279 e. The number of hydrogen-bond acceptors (Lipinski definition) is 6. The van der Waals surface area contributed by atoms with Gasteiger partial charge >= 0.3 is 0 Å². The van der Waals surface area contributed by atoms with Crippen molar-refractivity contribution < 1.29 is 9.21 Å². The van der Waals surface area contributed by atoms with Gasteiger partial charge in [0.15, 0.2) is 23.0 Å². The van der Waals surface area contributed by atoms with Crippen LogP contribution in [-0.2, 0) is 0 Å². The molecule has 18 heavy (non-hydrogen) atoms. The highest BCUT2D eigenvalue weighted by Crippen LogP contribution is 2.27. The van der Waals surface area contributed by atoms with Gasteiger partial charge in [-0.1, -0.05) is 17.8 Å². The van der Waals surface area contributed by atoms with Crippen molar-refractivity contribution in [2.45, 2.75) is 0 Å². The van der Waals surface area contributed by atoms with Gasteiger partial charge in [-0.15, -0.1) is 11.3 Å². The summed E-state index contributed by atoms with van der Waals surface area (Å²) in [7, 11) is 0. The number of oxazole rings is 1. The van der Waals surface area contributed by atoms with E-state index in [4.69, 9.17) is 4.42 Å². The molecule has 5 nitrogen and oxygen atoms in total. The summed E-state index contributed by atoms with van der Waals surface area (Å²) in [5.41, 5.74) is 0.299. The van der Waals surface area contributed by atoms with Crippen molar-refractivity contribution >= 4 is 34.2 Å². The van der Waals surface area contributed by atoms with Gasteiger partial charge in [0.1, 0.15) is 0 Å². The summed E-state index contributed by atoms with van der Waals surface area (Å²) in [5, 5.41) is 5.32. The van der Waals surface area contributed by atoms with Crippen LogP contribution in [0.25, 0.3) is 10.6 Å². The fourth-order valence-electron chi connectivity index (χ4n) is 1.56. The third-order valence-corrected chi connectivity index (χ3v) is 4.09. The van der Waals surface area contributed by atoms with E-state index in [1.165, 1.54) is 29.5 Å². The summed E-state index contributed by atoms with van der Waals surface area (Å²) in [6.45, 7) is 0.747. The molecule has 7 heteroatoms. The monoisotopic (exact) mass is 279 g/mol. The number of carbonyl (C=O) groups is 1. The summed E-state index contributed by atoms with van der Waals surface area (Å²) < 4.78 is 5.29. The molecule has 0 saturated carbocycles. The Bertz CT molecular complexity index is 589. The zero-order valence-corrected chi connectivity index (χ0v) is 10.9. The smallest absolute Gasteiger partial charge is 0.279 e. The fraction of sp³-hybridized carbons (Fsp3) is 0.182. The lowest BCUT2D eigenvalue weighted by molar-refractivity contribution is 0.0974. The second-order valence-corrected chi connectivity index (χ2v) is 5.53. The summed E-state index contributed by atoms with van der Waals surface area (Å²) in [6, 6.07) is 3.80. The molecule has 1 N–H and O–H groups in total. The van der Waals surface area contributed by atoms with Crippen LogP contribution in [0.2, 0.25) is 0 Å². The highest BCUT2D eigenvalue weighted by molar-refractivity contribution is 8.14. The molecule has 0 radical (unpaired) electrons. The van der Waals surface area contributed by atoms with Crippen LogP contribution >= 0.6 is 23.1 Å². The second-order valence-electron chi connectivity index (χ2n) is 3.50. The van der Waals surface area contributed by atoms with Gasteiger partial charge in [-0.2, -0.15) is 0 Å². The van der Waals surface area contributed by atoms with E-state index in [2.05, 4.69) is 15.3 Å². The number of nitrogens with zero attached hydrogens (tertiary/aromatic N) is 2. The Morgan fingerprint density at radius 1 is 1.50 bits per heavy atom. The van der Waals surface area contributed by atoms with Crippen molar-refractivity contribution in [1.29, 1.82) is 0 Å². The third-order valence-electron chi connectivity index (χ3n) is 2.33. The topological polar surface area (TPSA) is 67.5 Å².